The Balaban J connectivity index is 2.18. The van der Waals surface area contributed by atoms with Crippen molar-refractivity contribution in [3.05, 3.63) is 46.3 Å². The van der Waals surface area contributed by atoms with E-state index in [0.717, 1.165) is 23.3 Å². The third-order valence-electron chi connectivity index (χ3n) is 4.21. The smallest absolute Gasteiger partial charge is 0.308 e. The number of anilines is 2. The molecule has 1 aromatic heterocycles. The van der Waals surface area contributed by atoms with E-state index in [0.29, 0.717) is 16.3 Å². The average Bonchev–Trinajstić information content (AvgIpc) is 2.82. The van der Waals surface area contributed by atoms with Crippen molar-refractivity contribution in [1.82, 2.24) is 0 Å². The number of carbonyl (C=O) groups is 1. The molecule has 0 aliphatic rings. The third-order valence-corrected chi connectivity index (χ3v) is 5.42. The Kier molecular flexibility index (Phi) is 5.63. The van der Waals surface area contributed by atoms with E-state index >= 15 is 0 Å². The summed E-state index contributed by atoms with van der Waals surface area (Å²) in [7, 11) is 0. The van der Waals surface area contributed by atoms with E-state index in [2.05, 4.69) is 37.5 Å². The molecule has 0 bridgehead atoms. The Morgan fingerprint density at radius 3 is 2.50 bits per heavy atom. The molecule has 0 atom stereocenters. The second kappa shape index (κ2) is 7.50. The van der Waals surface area contributed by atoms with Crippen LogP contribution in [0.2, 0.25) is 0 Å². The third kappa shape index (κ3) is 4.36. The molecule has 2 amide bonds. The van der Waals surface area contributed by atoms with Crippen molar-refractivity contribution in [2.24, 2.45) is 5.41 Å². The molecule has 4 nitrogen and oxygen atoms in total. The van der Waals surface area contributed by atoms with Crippen LogP contribution in [0.5, 0.6) is 0 Å². The van der Waals surface area contributed by atoms with Crippen LogP contribution < -0.4 is 10.6 Å². The number of nitrogens with zero attached hydrogens (tertiary/aromatic N) is 1. The molecule has 0 spiro atoms. The van der Waals surface area contributed by atoms with Crippen molar-refractivity contribution in [1.29, 1.82) is 5.26 Å². The van der Waals surface area contributed by atoms with E-state index in [9.17, 15) is 10.1 Å². The predicted molar refractivity (Wildman–Crippen MR) is 101 cm³/mol. The van der Waals surface area contributed by atoms with Gasteiger partial charge in [-0.2, -0.15) is 5.26 Å². The number of thiophene rings is 1. The minimum atomic E-state index is -0.333. The van der Waals surface area contributed by atoms with Crippen molar-refractivity contribution in [2.45, 2.75) is 40.5 Å². The van der Waals surface area contributed by atoms with Gasteiger partial charge in [-0.3, -0.25) is 5.32 Å². The highest BCUT2D eigenvalue weighted by Gasteiger charge is 2.22. The molecule has 1 heterocycles. The Morgan fingerprint density at radius 2 is 1.92 bits per heavy atom. The highest BCUT2D eigenvalue weighted by molar-refractivity contribution is 7.16. The molecule has 126 valence electrons. The number of nitrogens with one attached hydrogen (secondary N) is 2. The predicted octanol–water partition coefficient (Wildman–Crippen LogP) is 5.55. The van der Waals surface area contributed by atoms with Crippen LogP contribution in [0.4, 0.5) is 15.5 Å². The van der Waals surface area contributed by atoms with Gasteiger partial charge in [0.1, 0.15) is 11.1 Å². The first-order chi connectivity index (χ1) is 11.4. The molecule has 0 radical (unpaired) electrons. The molecule has 2 rings (SSSR count). The molecule has 1 aromatic carbocycles. The van der Waals surface area contributed by atoms with Crippen LogP contribution in [0.1, 0.15) is 43.2 Å². The van der Waals surface area contributed by atoms with Gasteiger partial charge >= 0.3 is 6.03 Å². The number of hydrogen-bond donors (Lipinski definition) is 2. The van der Waals surface area contributed by atoms with Crippen LogP contribution in [0.15, 0.2) is 30.3 Å². The van der Waals surface area contributed by atoms with Gasteiger partial charge in [0.25, 0.3) is 0 Å². The minimum Gasteiger partial charge on any atom is -0.308 e. The highest BCUT2D eigenvalue weighted by atomic mass is 32.1. The van der Waals surface area contributed by atoms with E-state index in [1.54, 1.807) is 0 Å². The van der Waals surface area contributed by atoms with Crippen molar-refractivity contribution in [3.63, 3.8) is 0 Å². The Bertz CT molecular complexity index is 757. The summed E-state index contributed by atoms with van der Waals surface area (Å²) in [5, 5.41) is 15.7. The highest BCUT2D eigenvalue weighted by Crippen LogP contribution is 2.37. The van der Waals surface area contributed by atoms with Gasteiger partial charge in [-0.25, -0.2) is 4.79 Å². The van der Waals surface area contributed by atoms with Gasteiger partial charge in [-0.05, 0) is 36.5 Å². The summed E-state index contributed by atoms with van der Waals surface area (Å²) in [5.74, 6) is 0. The van der Waals surface area contributed by atoms with Crippen LogP contribution in [0, 0.1) is 23.7 Å². The lowest BCUT2D eigenvalue weighted by molar-refractivity contribution is 0.262. The van der Waals surface area contributed by atoms with Crippen molar-refractivity contribution < 1.29 is 4.79 Å². The summed E-state index contributed by atoms with van der Waals surface area (Å²) in [6.07, 6.45) is 1.96. The molecule has 0 saturated carbocycles. The second-order valence-corrected chi connectivity index (χ2v) is 7.71. The van der Waals surface area contributed by atoms with Crippen LogP contribution in [-0.2, 0) is 6.42 Å². The zero-order chi connectivity index (χ0) is 17.7. The lowest BCUT2D eigenvalue weighted by Crippen LogP contribution is -2.19. The Hall–Kier alpha value is -2.32. The molecule has 0 saturated heterocycles. The fraction of sp³-hybridized carbons (Fsp3) is 0.368. The van der Waals surface area contributed by atoms with Gasteiger partial charge in [0, 0.05) is 10.6 Å². The zero-order valence-corrected chi connectivity index (χ0v) is 15.4. The number of amides is 2. The van der Waals surface area contributed by atoms with Gasteiger partial charge in [0.15, 0.2) is 0 Å². The maximum Gasteiger partial charge on any atom is 0.324 e. The van der Waals surface area contributed by atoms with Crippen molar-refractivity contribution in [3.8, 4) is 6.07 Å². The monoisotopic (exact) mass is 341 g/mol. The Labute approximate surface area is 147 Å². The number of rotatable bonds is 5. The lowest BCUT2D eigenvalue weighted by atomic mass is 9.85. The zero-order valence-electron chi connectivity index (χ0n) is 14.6. The topological polar surface area (TPSA) is 64.9 Å². The molecule has 0 fully saturated rings. The second-order valence-electron chi connectivity index (χ2n) is 6.61. The quantitative estimate of drug-likeness (QED) is 0.748. The van der Waals surface area contributed by atoms with Crippen molar-refractivity contribution >= 4 is 28.1 Å². The summed E-state index contributed by atoms with van der Waals surface area (Å²) in [6, 6.07) is 11.1. The maximum atomic E-state index is 12.2. The number of para-hydroxylation sites is 1. The van der Waals surface area contributed by atoms with Gasteiger partial charge in [-0.15, -0.1) is 11.3 Å². The summed E-state index contributed by atoms with van der Waals surface area (Å²) in [5.41, 5.74) is 2.42. The first-order valence-corrected chi connectivity index (χ1v) is 8.83. The van der Waals surface area contributed by atoms with Crippen LogP contribution in [0.3, 0.4) is 0 Å². The number of urea groups is 1. The average molecular weight is 341 g/mol. The maximum absolute atomic E-state index is 12.2. The molecule has 0 aliphatic heterocycles. The number of nitriles is 1. The van der Waals surface area contributed by atoms with Crippen LogP contribution in [0.25, 0.3) is 0 Å². The molecule has 24 heavy (non-hydrogen) atoms. The Morgan fingerprint density at radius 1 is 1.25 bits per heavy atom. The van der Waals surface area contributed by atoms with Gasteiger partial charge in [-0.1, -0.05) is 45.4 Å². The van der Waals surface area contributed by atoms with E-state index in [4.69, 9.17) is 0 Å². The van der Waals surface area contributed by atoms with Gasteiger partial charge < -0.3 is 5.32 Å². The first-order valence-electron chi connectivity index (χ1n) is 8.01. The van der Waals surface area contributed by atoms with E-state index in [-0.39, 0.29) is 11.4 Å². The summed E-state index contributed by atoms with van der Waals surface area (Å²) in [4.78, 5) is 13.3. The van der Waals surface area contributed by atoms with Gasteiger partial charge in [0.05, 0.1) is 5.56 Å². The minimum absolute atomic E-state index is 0.173. The van der Waals surface area contributed by atoms with Crippen LogP contribution >= 0.6 is 11.3 Å². The lowest BCUT2D eigenvalue weighted by Gasteiger charge is -2.21. The molecule has 5 heteroatoms. The molecule has 0 aliphatic carbocycles. The molecule has 0 unspecified atom stereocenters. The molecular formula is C19H23N3OS. The number of carbonyl (C=O) groups excluding carboxylic acids is 1. The largest absolute Gasteiger partial charge is 0.324 e. The first kappa shape index (κ1) is 18.0. The molecular weight excluding hydrogens is 318 g/mol. The normalized spacial score (nSPS) is 11.0. The van der Waals surface area contributed by atoms with Crippen LogP contribution in [-0.4, -0.2) is 6.03 Å². The number of hydrogen-bond acceptors (Lipinski definition) is 3. The molecule has 2 aromatic rings. The summed E-state index contributed by atoms with van der Waals surface area (Å²) in [6.45, 7) is 8.55. The fourth-order valence-corrected chi connectivity index (χ4v) is 3.71. The van der Waals surface area contributed by atoms with E-state index < -0.39 is 0 Å². The van der Waals surface area contributed by atoms with Crippen molar-refractivity contribution in [2.75, 3.05) is 10.6 Å². The van der Waals surface area contributed by atoms with E-state index in [1.807, 2.05) is 37.3 Å². The molecule has 2 N–H and O–H groups in total. The van der Waals surface area contributed by atoms with E-state index in [1.165, 1.54) is 11.3 Å². The summed E-state index contributed by atoms with van der Waals surface area (Å²) < 4.78 is 0. The van der Waals surface area contributed by atoms with Gasteiger partial charge in [0.2, 0.25) is 0 Å². The standard InChI is InChI=1S/C19H23N3OS/c1-5-19(3,4)11-16-13(2)15(12-20)17(24-16)22-18(23)21-14-9-7-6-8-10-14/h6-10H,5,11H2,1-4H3,(H2,21,22,23). The fourth-order valence-electron chi connectivity index (χ4n) is 2.30. The number of benzene rings is 1. The summed E-state index contributed by atoms with van der Waals surface area (Å²) >= 11 is 1.50. The SMILES string of the molecule is CCC(C)(C)Cc1sc(NC(=O)Nc2ccccc2)c(C#N)c1C.